The molecule has 5 nitrogen and oxygen atoms in total. The lowest BCUT2D eigenvalue weighted by atomic mass is 9.78. The highest BCUT2D eigenvalue weighted by Crippen LogP contribution is 2.42. The Morgan fingerprint density at radius 2 is 1.74 bits per heavy atom. The number of aromatic nitrogens is 1. The predicted octanol–water partition coefficient (Wildman–Crippen LogP) is 7.26. The van der Waals surface area contributed by atoms with Gasteiger partial charge in [-0.2, -0.15) is 0 Å². The van der Waals surface area contributed by atoms with Gasteiger partial charge in [-0.1, -0.05) is 64.7 Å². The van der Waals surface area contributed by atoms with Crippen molar-refractivity contribution in [3.8, 4) is 0 Å². The van der Waals surface area contributed by atoms with Crippen LogP contribution in [0.3, 0.4) is 0 Å². The van der Waals surface area contributed by atoms with Gasteiger partial charge in [-0.3, -0.25) is 9.36 Å². The van der Waals surface area contributed by atoms with Gasteiger partial charge in [0.15, 0.2) is 8.32 Å². The van der Waals surface area contributed by atoms with Gasteiger partial charge in [-0.25, -0.2) is 8.93 Å². The summed E-state index contributed by atoms with van der Waals surface area (Å²) in [5, 5.41) is 2.60. The van der Waals surface area contributed by atoms with Crippen molar-refractivity contribution in [2.24, 2.45) is 0 Å². The van der Waals surface area contributed by atoms with Crippen LogP contribution < -0.4 is 10.0 Å². The SMILES string of the molecule is C=C(CC[C@@H]1c2cccc3c2c(c([Si](C)(C)C)n3C(C)=O)C[C@H]1NS(=O)C(C)(C)C)CO[Si](C)(C)C(C)(C)C. The third-order valence-electron chi connectivity index (χ3n) is 8.53. The summed E-state index contributed by atoms with van der Waals surface area (Å²) in [6.07, 6.45) is 2.51. The molecule has 1 aliphatic rings. The first kappa shape index (κ1) is 32.2. The smallest absolute Gasteiger partial charge is 0.227 e. The van der Waals surface area contributed by atoms with Crippen LogP contribution in [0.2, 0.25) is 37.8 Å². The Kier molecular flexibility index (Phi) is 9.21. The van der Waals surface area contributed by atoms with E-state index in [1.165, 1.54) is 21.8 Å². The van der Waals surface area contributed by atoms with E-state index in [2.05, 4.69) is 83.0 Å². The summed E-state index contributed by atoms with van der Waals surface area (Å²) in [6.45, 7) is 31.0. The first-order chi connectivity index (χ1) is 17.7. The molecule has 1 aromatic heterocycles. The van der Waals surface area contributed by atoms with Crippen LogP contribution >= 0.6 is 0 Å². The molecule has 8 heteroatoms. The molecule has 0 spiro atoms. The molecule has 3 atom stereocenters. The summed E-state index contributed by atoms with van der Waals surface area (Å²) >= 11 is 0. The van der Waals surface area contributed by atoms with E-state index in [0.29, 0.717) is 6.61 Å². The molecule has 1 unspecified atom stereocenters. The number of benzene rings is 1. The normalized spacial score (nSPS) is 19.4. The van der Waals surface area contributed by atoms with E-state index in [9.17, 15) is 9.00 Å². The first-order valence-corrected chi connectivity index (χ1v) is 21.9. The van der Waals surface area contributed by atoms with Gasteiger partial charge in [-0.05, 0) is 75.4 Å². The van der Waals surface area contributed by atoms with Crippen molar-refractivity contribution in [1.29, 1.82) is 0 Å². The van der Waals surface area contributed by atoms with E-state index in [0.717, 1.165) is 30.4 Å². The predicted molar refractivity (Wildman–Crippen MR) is 174 cm³/mol. The van der Waals surface area contributed by atoms with Gasteiger partial charge >= 0.3 is 0 Å². The molecule has 3 rings (SSSR count). The number of hydrogen-bond acceptors (Lipinski definition) is 3. The van der Waals surface area contributed by atoms with Crippen LogP contribution in [0.1, 0.15) is 83.1 Å². The van der Waals surface area contributed by atoms with Crippen molar-refractivity contribution in [3.63, 3.8) is 0 Å². The van der Waals surface area contributed by atoms with Crippen molar-refractivity contribution in [1.82, 2.24) is 9.29 Å². The second-order valence-corrected chi connectivity index (χ2v) is 26.7. The Labute approximate surface area is 241 Å². The second kappa shape index (κ2) is 11.2. The third-order valence-corrected chi connectivity index (χ3v) is 16.6. The van der Waals surface area contributed by atoms with Crippen LogP contribution in [0.5, 0.6) is 0 Å². The molecule has 39 heavy (non-hydrogen) atoms. The first-order valence-electron chi connectivity index (χ1n) is 14.3. The molecule has 1 heterocycles. The second-order valence-electron chi connectivity index (χ2n) is 14.9. The zero-order valence-electron chi connectivity index (χ0n) is 26.5. The summed E-state index contributed by atoms with van der Waals surface area (Å²) in [4.78, 5) is 13.0. The fraction of sp³-hybridized carbons (Fsp3) is 0.645. The fourth-order valence-electron chi connectivity index (χ4n) is 5.37. The van der Waals surface area contributed by atoms with E-state index in [4.69, 9.17) is 4.43 Å². The van der Waals surface area contributed by atoms with Gasteiger partial charge in [0.1, 0.15) is 0 Å². The molecule has 0 aliphatic heterocycles. The van der Waals surface area contributed by atoms with Gasteiger partial charge < -0.3 is 4.43 Å². The lowest BCUT2D eigenvalue weighted by Crippen LogP contribution is -2.49. The topological polar surface area (TPSA) is 60.3 Å². The van der Waals surface area contributed by atoms with E-state index in [-0.39, 0.29) is 27.7 Å². The molecule has 1 aromatic carbocycles. The van der Waals surface area contributed by atoms with E-state index >= 15 is 0 Å². The van der Waals surface area contributed by atoms with Gasteiger partial charge in [-0.15, -0.1) is 0 Å². The average Bonchev–Trinajstić information content (AvgIpc) is 3.12. The molecule has 1 N–H and O–H groups in total. The monoisotopic (exact) mass is 588 g/mol. The molecular formula is C31H52N2O3SSi2. The maximum Gasteiger partial charge on any atom is 0.227 e. The lowest BCUT2D eigenvalue weighted by molar-refractivity contribution is 0.0944. The van der Waals surface area contributed by atoms with Crippen molar-refractivity contribution in [3.05, 3.63) is 41.5 Å². The summed E-state index contributed by atoms with van der Waals surface area (Å²) in [5.41, 5.74) is 4.66. The molecule has 2 aromatic rings. The highest BCUT2D eigenvalue weighted by Gasteiger charge is 2.40. The maximum absolute atomic E-state index is 13.4. The summed E-state index contributed by atoms with van der Waals surface area (Å²) in [7, 11) is -4.94. The quantitative estimate of drug-likeness (QED) is 0.248. The Morgan fingerprint density at radius 1 is 1.13 bits per heavy atom. The molecule has 1 aliphatic carbocycles. The van der Waals surface area contributed by atoms with Crippen molar-refractivity contribution in [2.75, 3.05) is 6.61 Å². The number of nitrogens with one attached hydrogen (secondary N) is 1. The molecule has 218 valence electrons. The summed E-state index contributed by atoms with van der Waals surface area (Å²) in [6, 6.07) is 6.41. The third kappa shape index (κ3) is 6.77. The highest BCUT2D eigenvalue weighted by atomic mass is 32.2. The number of carbonyl (C=O) groups is 1. The minimum atomic E-state index is -1.88. The minimum absolute atomic E-state index is 0.00942. The van der Waals surface area contributed by atoms with Crippen LogP contribution in [-0.2, 0) is 21.8 Å². The number of rotatable bonds is 9. The summed E-state index contributed by atoms with van der Waals surface area (Å²) in [5.74, 6) is 0.229. The zero-order chi connectivity index (χ0) is 29.7. The zero-order valence-corrected chi connectivity index (χ0v) is 29.3. The van der Waals surface area contributed by atoms with Crippen molar-refractivity contribution >= 4 is 49.5 Å². The number of nitrogens with zero attached hydrogens (tertiary/aromatic N) is 1. The van der Waals surface area contributed by atoms with E-state index in [1.54, 1.807) is 6.92 Å². The average molecular weight is 589 g/mol. The Bertz CT molecular complexity index is 1280. The van der Waals surface area contributed by atoms with Gasteiger partial charge in [0, 0.05) is 29.6 Å². The molecular weight excluding hydrogens is 537 g/mol. The van der Waals surface area contributed by atoms with Gasteiger partial charge in [0.25, 0.3) is 0 Å². The molecule has 0 saturated heterocycles. The Balaban J connectivity index is 2.03. The lowest BCUT2D eigenvalue weighted by Gasteiger charge is -2.37. The molecule has 0 bridgehead atoms. The van der Waals surface area contributed by atoms with E-state index in [1.807, 2.05) is 25.3 Å². The van der Waals surface area contributed by atoms with Gasteiger partial charge in [0.05, 0.1) is 35.9 Å². The van der Waals surface area contributed by atoms with Crippen LogP contribution in [0.4, 0.5) is 0 Å². The largest absolute Gasteiger partial charge is 0.413 e. The van der Waals surface area contributed by atoms with Crippen LogP contribution in [0, 0.1) is 0 Å². The molecule has 0 fully saturated rings. The number of carbonyl (C=O) groups excluding carboxylic acids is 1. The fourth-order valence-corrected chi connectivity index (χ4v) is 9.33. The van der Waals surface area contributed by atoms with E-state index < -0.39 is 27.4 Å². The molecule has 0 amide bonds. The maximum atomic E-state index is 13.4. The summed E-state index contributed by atoms with van der Waals surface area (Å²) < 4.78 is 25.0. The number of hydrogen-bond donors (Lipinski definition) is 1. The molecule has 0 saturated carbocycles. The highest BCUT2D eigenvalue weighted by molar-refractivity contribution is 7.84. The van der Waals surface area contributed by atoms with Crippen LogP contribution in [0.15, 0.2) is 30.4 Å². The standard InChI is InChI=1S/C31H52N2O3SSi2/c1-21(20-36-39(12,13)31(6,7)8)17-18-23-24-15-14-16-27-28(24)25(19-26(23)32-37(35)30(3,4)5)29(38(9,10)11)33(27)22(2)34/h14-16,23,26,32H,1,17-20H2,2-13H3/t23-,26-,37?/m1/s1. The van der Waals surface area contributed by atoms with Crippen LogP contribution in [-0.4, -0.2) is 48.5 Å². The van der Waals surface area contributed by atoms with Crippen molar-refractivity contribution < 1.29 is 13.4 Å². The Hall–Kier alpha value is -1.33. The van der Waals surface area contributed by atoms with Gasteiger partial charge in [0.2, 0.25) is 5.91 Å². The molecule has 0 radical (unpaired) electrons. The van der Waals surface area contributed by atoms with Crippen LogP contribution in [0.25, 0.3) is 10.9 Å². The Morgan fingerprint density at radius 3 is 2.26 bits per heavy atom. The van der Waals surface area contributed by atoms with Crippen molar-refractivity contribution in [2.45, 2.75) is 122 Å². The minimum Gasteiger partial charge on any atom is -0.413 e.